The van der Waals surface area contributed by atoms with Crippen molar-refractivity contribution in [2.45, 2.75) is 19.3 Å². The number of anilines is 2. The third-order valence-corrected chi connectivity index (χ3v) is 4.42. The molecule has 0 aliphatic rings. The molecule has 0 spiro atoms. The third-order valence-electron chi connectivity index (χ3n) is 3.19. The number of nitrogens with two attached hydrogens (primary N) is 1. The average molecular weight is 288 g/mol. The molecule has 3 rings (SSSR count). The molecule has 7 heteroatoms. The number of thiophene rings is 1. The summed E-state index contributed by atoms with van der Waals surface area (Å²) in [5.74, 6) is 0.913. The van der Waals surface area contributed by atoms with Gasteiger partial charge in [0.05, 0.1) is 6.33 Å². The number of fused-ring (bicyclic) bond motifs is 1. The molecule has 0 saturated carbocycles. The van der Waals surface area contributed by atoms with Gasteiger partial charge in [-0.05, 0) is 11.4 Å². The van der Waals surface area contributed by atoms with E-state index >= 15 is 0 Å². The Morgan fingerprint density at radius 1 is 1.40 bits per heavy atom. The van der Waals surface area contributed by atoms with Crippen molar-refractivity contribution in [2.75, 3.05) is 17.6 Å². The van der Waals surface area contributed by atoms with Crippen molar-refractivity contribution < 1.29 is 0 Å². The van der Waals surface area contributed by atoms with E-state index in [9.17, 15) is 0 Å². The molecule has 20 heavy (non-hydrogen) atoms. The summed E-state index contributed by atoms with van der Waals surface area (Å²) in [5.41, 5.74) is 7.07. The van der Waals surface area contributed by atoms with E-state index in [0.29, 0.717) is 11.5 Å². The molecule has 3 aromatic rings. The van der Waals surface area contributed by atoms with Crippen molar-refractivity contribution in [2.24, 2.45) is 0 Å². The van der Waals surface area contributed by atoms with Gasteiger partial charge in [0.1, 0.15) is 5.52 Å². The average Bonchev–Trinajstić information content (AvgIpc) is 3.06. The fourth-order valence-corrected chi connectivity index (χ4v) is 2.89. The fourth-order valence-electron chi connectivity index (χ4n) is 2.03. The third kappa shape index (κ3) is 2.32. The van der Waals surface area contributed by atoms with Gasteiger partial charge in [-0.25, -0.2) is 4.98 Å². The second-order valence-electron chi connectivity index (χ2n) is 5.25. The Morgan fingerprint density at radius 2 is 2.25 bits per heavy atom. The van der Waals surface area contributed by atoms with E-state index in [4.69, 9.17) is 5.73 Å². The van der Waals surface area contributed by atoms with Gasteiger partial charge in [0.25, 0.3) is 0 Å². The lowest BCUT2D eigenvalue weighted by molar-refractivity contribution is 0.568. The van der Waals surface area contributed by atoms with E-state index in [1.165, 1.54) is 4.88 Å². The highest BCUT2D eigenvalue weighted by Crippen LogP contribution is 2.28. The zero-order chi connectivity index (χ0) is 14.2. The van der Waals surface area contributed by atoms with E-state index in [1.807, 2.05) is 0 Å². The maximum Gasteiger partial charge on any atom is 0.224 e. The molecule has 0 aliphatic carbocycles. The smallest absolute Gasteiger partial charge is 0.224 e. The minimum absolute atomic E-state index is 0.0141. The minimum atomic E-state index is 0.0141. The summed E-state index contributed by atoms with van der Waals surface area (Å²) in [6.07, 6.45) is 1.59. The van der Waals surface area contributed by atoms with Crippen LogP contribution in [0.1, 0.15) is 18.7 Å². The first kappa shape index (κ1) is 12.9. The van der Waals surface area contributed by atoms with Crippen molar-refractivity contribution in [1.29, 1.82) is 0 Å². The molecule has 0 aliphatic heterocycles. The zero-order valence-electron chi connectivity index (χ0n) is 11.3. The monoisotopic (exact) mass is 288 g/mol. The van der Waals surface area contributed by atoms with Crippen LogP contribution in [-0.2, 0) is 5.41 Å². The molecule has 0 fully saturated rings. The Balaban J connectivity index is 1.85. The zero-order valence-corrected chi connectivity index (χ0v) is 12.2. The van der Waals surface area contributed by atoms with Gasteiger partial charge >= 0.3 is 0 Å². The van der Waals surface area contributed by atoms with Crippen molar-refractivity contribution in [3.05, 3.63) is 28.7 Å². The van der Waals surface area contributed by atoms with Crippen molar-refractivity contribution in [1.82, 2.24) is 19.9 Å². The van der Waals surface area contributed by atoms with Gasteiger partial charge in [-0.15, -0.1) is 11.3 Å². The number of imidazole rings is 1. The summed E-state index contributed by atoms with van der Waals surface area (Å²) in [6, 6.07) is 4.21. The number of nitrogens with zero attached hydrogens (tertiary/aromatic N) is 3. The van der Waals surface area contributed by atoms with Gasteiger partial charge in [-0.3, -0.25) is 0 Å². The molecule has 0 bridgehead atoms. The largest absolute Gasteiger partial charge is 0.368 e. The molecular formula is C13H16N6S. The van der Waals surface area contributed by atoms with E-state index in [2.05, 4.69) is 56.6 Å². The fraction of sp³-hybridized carbons (Fsp3) is 0.308. The Morgan fingerprint density at radius 3 is 3.00 bits per heavy atom. The van der Waals surface area contributed by atoms with Crippen LogP contribution in [0.3, 0.4) is 0 Å². The molecule has 3 heterocycles. The molecule has 3 aromatic heterocycles. The molecule has 0 radical (unpaired) electrons. The van der Waals surface area contributed by atoms with Gasteiger partial charge in [0.2, 0.25) is 5.95 Å². The summed E-state index contributed by atoms with van der Waals surface area (Å²) < 4.78 is 0. The Labute approximate surface area is 120 Å². The van der Waals surface area contributed by atoms with Crippen LogP contribution in [0.4, 0.5) is 11.8 Å². The number of aromatic amines is 1. The molecule has 0 amide bonds. The van der Waals surface area contributed by atoms with E-state index in [1.54, 1.807) is 17.7 Å². The topological polar surface area (TPSA) is 92.5 Å². The molecule has 6 nitrogen and oxygen atoms in total. The molecule has 0 atom stereocenters. The van der Waals surface area contributed by atoms with E-state index in [-0.39, 0.29) is 11.4 Å². The SMILES string of the molecule is CC(C)(CNc1nc(N)nc2nc[nH]c12)c1cccs1. The molecule has 104 valence electrons. The molecule has 0 aromatic carbocycles. The van der Waals surface area contributed by atoms with Gasteiger partial charge < -0.3 is 16.0 Å². The van der Waals surface area contributed by atoms with Gasteiger partial charge in [-0.2, -0.15) is 9.97 Å². The van der Waals surface area contributed by atoms with Crippen LogP contribution < -0.4 is 11.1 Å². The Bertz CT molecular complexity index is 716. The highest BCUT2D eigenvalue weighted by molar-refractivity contribution is 7.10. The Kier molecular flexibility index (Phi) is 3.06. The standard InChI is InChI=1S/C13H16N6S/c1-13(2,8-4-3-5-20-8)6-15-10-9-11(17-7-16-9)19-12(14)18-10/h3-5,7H,6H2,1-2H3,(H4,14,15,16,17,18,19). The second-order valence-corrected chi connectivity index (χ2v) is 6.19. The van der Waals surface area contributed by atoms with Crippen LogP contribution in [0.25, 0.3) is 11.2 Å². The number of hydrogen-bond donors (Lipinski definition) is 3. The number of hydrogen-bond acceptors (Lipinski definition) is 6. The van der Waals surface area contributed by atoms with Crippen LogP contribution in [0, 0.1) is 0 Å². The minimum Gasteiger partial charge on any atom is -0.368 e. The first-order valence-electron chi connectivity index (χ1n) is 6.31. The van der Waals surface area contributed by atoms with Crippen molar-refractivity contribution >= 4 is 34.3 Å². The maximum absolute atomic E-state index is 5.70. The lowest BCUT2D eigenvalue weighted by atomic mass is 9.91. The molecule has 0 saturated heterocycles. The Hall–Kier alpha value is -2.15. The lowest BCUT2D eigenvalue weighted by Crippen LogP contribution is -2.27. The van der Waals surface area contributed by atoms with Crippen LogP contribution >= 0.6 is 11.3 Å². The number of H-pyrrole nitrogens is 1. The van der Waals surface area contributed by atoms with E-state index in [0.717, 1.165) is 12.1 Å². The summed E-state index contributed by atoms with van der Waals surface area (Å²) in [4.78, 5) is 16.8. The van der Waals surface area contributed by atoms with Crippen LogP contribution in [-0.4, -0.2) is 26.5 Å². The summed E-state index contributed by atoms with van der Waals surface area (Å²) in [6.45, 7) is 5.14. The highest BCUT2D eigenvalue weighted by Gasteiger charge is 2.22. The van der Waals surface area contributed by atoms with Gasteiger partial charge in [0.15, 0.2) is 11.5 Å². The van der Waals surface area contributed by atoms with Crippen molar-refractivity contribution in [3.63, 3.8) is 0 Å². The highest BCUT2D eigenvalue weighted by atomic mass is 32.1. The normalized spacial score (nSPS) is 11.9. The van der Waals surface area contributed by atoms with Crippen molar-refractivity contribution in [3.8, 4) is 0 Å². The quantitative estimate of drug-likeness (QED) is 0.685. The first-order valence-corrected chi connectivity index (χ1v) is 7.19. The van der Waals surface area contributed by atoms with Gasteiger partial charge in [-0.1, -0.05) is 19.9 Å². The molecule has 0 unspecified atom stereocenters. The number of rotatable bonds is 4. The number of nitrogens with one attached hydrogen (secondary N) is 2. The van der Waals surface area contributed by atoms with E-state index < -0.39 is 0 Å². The lowest BCUT2D eigenvalue weighted by Gasteiger charge is -2.24. The predicted molar refractivity (Wildman–Crippen MR) is 81.9 cm³/mol. The van der Waals surface area contributed by atoms with Crippen LogP contribution in [0.15, 0.2) is 23.8 Å². The van der Waals surface area contributed by atoms with Gasteiger partial charge in [0, 0.05) is 16.8 Å². The summed E-state index contributed by atoms with van der Waals surface area (Å²) in [7, 11) is 0. The summed E-state index contributed by atoms with van der Waals surface area (Å²) in [5, 5.41) is 5.44. The van der Waals surface area contributed by atoms with Crippen LogP contribution in [0.2, 0.25) is 0 Å². The second kappa shape index (κ2) is 4.75. The number of aromatic nitrogens is 4. The van der Waals surface area contributed by atoms with Crippen LogP contribution in [0.5, 0.6) is 0 Å². The summed E-state index contributed by atoms with van der Waals surface area (Å²) >= 11 is 1.76. The number of nitrogen functional groups attached to an aromatic ring is 1. The first-order chi connectivity index (χ1) is 9.56. The molecule has 4 N–H and O–H groups in total. The maximum atomic E-state index is 5.70. The molecular weight excluding hydrogens is 272 g/mol. The predicted octanol–water partition coefficient (Wildman–Crippen LogP) is 2.39.